The topological polar surface area (TPSA) is 0 Å². The molecule has 0 heterocycles. The Balaban J connectivity index is 3.43. The first-order valence-electron chi connectivity index (χ1n) is 3.45. The van der Waals surface area contributed by atoms with E-state index in [0.29, 0.717) is 6.42 Å². The summed E-state index contributed by atoms with van der Waals surface area (Å²) in [5, 5.41) is 0. The number of hydrogen-bond donors (Lipinski definition) is 0. The summed E-state index contributed by atoms with van der Waals surface area (Å²) in [4.78, 5) is 0. The van der Waals surface area contributed by atoms with Crippen molar-refractivity contribution in [1.82, 2.24) is 0 Å². The van der Waals surface area contributed by atoms with Crippen LogP contribution in [0.3, 0.4) is 0 Å². The van der Waals surface area contributed by atoms with Crippen molar-refractivity contribution in [2.45, 2.75) is 33.1 Å². The van der Waals surface area contributed by atoms with Crippen molar-refractivity contribution in [1.29, 1.82) is 0 Å². The third kappa shape index (κ3) is 5.73. The molecule has 1 atom stereocenters. The Morgan fingerprint density at radius 2 is 2.00 bits per heavy atom. The molecule has 0 spiro atoms. The molecular formula is C8H14F2. The maximum atomic E-state index is 11.7. The van der Waals surface area contributed by atoms with Crippen LogP contribution in [0.5, 0.6) is 0 Å². The van der Waals surface area contributed by atoms with E-state index in [2.05, 4.69) is 6.58 Å². The lowest BCUT2D eigenvalue weighted by Crippen LogP contribution is -2.01. The second-order valence-corrected chi connectivity index (χ2v) is 2.89. The molecule has 2 heteroatoms. The molecule has 0 radical (unpaired) electrons. The molecule has 0 nitrogen and oxygen atoms in total. The van der Waals surface area contributed by atoms with Gasteiger partial charge in [0, 0.05) is 6.42 Å². The smallest absolute Gasteiger partial charge is 0.211 e. The summed E-state index contributed by atoms with van der Waals surface area (Å²) >= 11 is 0. The summed E-state index contributed by atoms with van der Waals surface area (Å²) in [5.74, 6) is 0.0671. The SMILES string of the molecule is C=C(C)CC(C)CC(F)F. The molecule has 0 aliphatic carbocycles. The number of allylic oxidation sites excluding steroid dienone is 1. The van der Waals surface area contributed by atoms with Gasteiger partial charge in [-0.15, -0.1) is 6.58 Å². The largest absolute Gasteiger partial charge is 0.238 e. The van der Waals surface area contributed by atoms with Gasteiger partial charge in [-0.1, -0.05) is 12.5 Å². The van der Waals surface area contributed by atoms with Crippen LogP contribution in [0.1, 0.15) is 26.7 Å². The van der Waals surface area contributed by atoms with Gasteiger partial charge in [0.25, 0.3) is 0 Å². The monoisotopic (exact) mass is 148 g/mol. The summed E-state index contributed by atoms with van der Waals surface area (Å²) in [6.45, 7) is 7.34. The second-order valence-electron chi connectivity index (χ2n) is 2.89. The number of hydrogen-bond acceptors (Lipinski definition) is 0. The molecule has 0 aromatic heterocycles. The molecule has 0 aromatic rings. The number of halogens is 2. The van der Waals surface area contributed by atoms with Gasteiger partial charge in [0.05, 0.1) is 0 Å². The Kier molecular flexibility index (Phi) is 4.24. The van der Waals surface area contributed by atoms with Crippen molar-refractivity contribution in [2.75, 3.05) is 0 Å². The molecule has 60 valence electrons. The van der Waals surface area contributed by atoms with Gasteiger partial charge in [-0.05, 0) is 19.3 Å². The van der Waals surface area contributed by atoms with Gasteiger partial charge in [-0.25, -0.2) is 8.78 Å². The number of alkyl halides is 2. The highest BCUT2D eigenvalue weighted by molar-refractivity contribution is 4.89. The maximum absolute atomic E-state index is 11.7. The van der Waals surface area contributed by atoms with E-state index in [4.69, 9.17) is 0 Å². The molecule has 0 amide bonds. The fourth-order valence-electron chi connectivity index (χ4n) is 0.982. The minimum Gasteiger partial charge on any atom is -0.211 e. The van der Waals surface area contributed by atoms with E-state index < -0.39 is 6.43 Å². The average Bonchev–Trinajstić information content (AvgIpc) is 1.58. The highest BCUT2D eigenvalue weighted by atomic mass is 19.3. The summed E-state index contributed by atoms with van der Waals surface area (Å²) in [5.41, 5.74) is 0.980. The second kappa shape index (κ2) is 4.42. The van der Waals surface area contributed by atoms with Gasteiger partial charge in [0.15, 0.2) is 0 Å². The summed E-state index contributed by atoms with van der Waals surface area (Å²) in [6, 6.07) is 0. The van der Waals surface area contributed by atoms with Crippen LogP contribution in [0, 0.1) is 5.92 Å². The zero-order chi connectivity index (χ0) is 8.15. The Morgan fingerprint density at radius 3 is 2.30 bits per heavy atom. The third-order valence-corrected chi connectivity index (χ3v) is 1.28. The van der Waals surface area contributed by atoms with Crippen LogP contribution < -0.4 is 0 Å². The molecule has 0 bridgehead atoms. The first kappa shape index (κ1) is 9.60. The fourth-order valence-corrected chi connectivity index (χ4v) is 0.982. The first-order chi connectivity index (χ1) is 4.52. The van der Waals surface area contributed by atoms with Crippen LogP contribution in [0.4, 0.5) is 8.78 Å². The van der Waals surface area contributed by atoms with Crippen molar-refractivity contribution < 1.29 is 8.78 Å². The maximum Gasteiger partial charge on any atom is 0.238 e. The van der Waals surface area contributed by atoms with Gasteiger partial charge in [0.2, 0.25) is 6.43 Å². The molecule has 0 aromatic carbocycles. The summed E-state index contributed by atoms with van der Waals surface area (Å²) in [7, 11) is 0. The molecule has 0 fully saturated rings. The summed E-state index contributed by atoms with van der Waals surface area (Å²) < 4.78 is 23.4. The molecule has 10 heavy (non-hydrogen) atoms. The normalized spacial score (nSPS) is 13.7. The molecule has 0 aliphatic rings. The standard InChI is InChI=1S/C8H14F2/c1-6(2)4-7(3)5-8(9)10/h7-8H,1,4-5H2,2-3H3. The van der Waals surface area contributed by atoms with Crippen molar-refractivity contribution in [2.24, 2.45) is 5.92 Å². The molecule has 1 unspecified atom stereocenters. The van der Waals surface area contributed by atoms with E-state index in [1.165, 1.54) is 0 Å². The van der Waals surface area contributed by atoms with Gasteiger partial charge in [-0.3, -0.25) is 0 Å². The van der Waals surface area contributed by atoms with E-state index in [1.54, 1.807) is 0 Å². The van der Waals surface area contributed by atoms with Crippen LogP contribution in [0.2, 0.25) is 0 Å². The molecule has 0 rings (SSSR count). The van der Waals surface area contributed by atoms with E-state index in [-0.39, 0.29) is 12.3 Å². The van der Waals surface area contributed by atoms with Crippen LogP contribution in [-0.2, 0) is 0 Å². The molecule has 0 saturated heterocycles. The lowest BCUT2D eigenvalue weighted by atomic mass is 10.0. The zero-order valence-corrected chi connectivity index (χ0v) is 6.53. The Hall–Kier alpha value is -0.400. The van der Waals surface area contributed by atoms with Gasteiger partial charge in [0.1, 0.15) is 0 Å². The van der Waals surface area contributed by atoms with Crippen LogP contribution in [0.15, 0.2) is 12.2 Å². The highest BCUT2D eigenvalue weighted by Crippen LogP contribution is 2.16. The van der Waals surface area contributed by atoms with Gasteiger partial charge in [-0.2, -0.15) is 0 Å². The van der Waals surface area contributed by atoms with Crippen molar-refractivity contribution in [3.8, 4) is 0 Å². The molecule has 0 aliphatic heterocycles. The van der Waals surface area contributed by atoms with E-state index in [9.17, 15) is 8.78 Å². The third-order valence-electron chi connectivity index (χ3n) is 1.28. The van der Waals surface area contributed by atoms with Crippen LogP contribution in [0.25, 0.3) is 0 Å². The zero-order valence-electron chi connectivity index (χ0n) is 6.53. The van der Waals surface area contributed by atoms with Crippen LogP contribution >= 0.6 is 0 Å². The quantitative estimate of drug-likeness (QED) is 0.537. The van der Waals surface area contributed by atoms with Crippen molar-refractivity contribution in [3.05, 3.63) is 12.2 Å². The minimum atomic E-state index is -2.17. The Morgan fingerprint density at radius 1 is 1.50 bits per heavy atom. The highest BCUT2D eigenvalue weighted by Gasteiger charge is 2.09. The summed E-state index contributed by atoms with van der Waals surface area (Å²) in [6.07, 6.45) is -1.47. The van der Waals surface area contributed by atoms with Gasteiger partial charge >= 0.3 is 0 Å². The average molecular weight is 148 g/mol. The van der Waals surface area contributed by atoms with E-state index in [1.807, 2.05) is 13.8 Å². The predicted octanol–water partition coefficient (Wildman–Crippen LogP) is 3.24. The number of rotatable bonds is 4. The van der Waals surface area contributed by atoms with E-state index in [0.717, 1.165) is 5.57 Å². The first-order valence-corrected chi connectivity index (χ1v) is 3.45. The molecular weight excluding hydrogens is 134 g/mol. The lowest BCUT2D eigenvalue weighted by molar-refractivity contribution is 0.118. The Labute approximate surface area is 60.9 Å². The lowest BCUT2D eigenvalue weighted by Gasteiger charge is -2.09. The van der Waals surface area contributed by atoms with Gasteiger partial charge < -0.3 is 0 Å². The Bertz CT molecular complexity index is 108. The minimum absolute atomic E-state index is 0.00708. The van der Waals surface area contributed by atoms with Crippen molar-refractivity contribution >= 4 is 0 Å². The van der Waals surface area contributed by atoms with E-state index >= 15 is 0 Å². The van der Waals surface area contributed by atoms with Crippen molar-refractivity contribution in [3.63, 3.8) is 0 Å². The fraction of sp³-hybridized carbons (Fsp3) is 0.750. The molecule has 0 saturated carbocycles. The van der Waals surface area contributed by atoms with Crippen LogP contribution in [-0.4, -0.2) is 6.43 Å². The molecule has 0 N–H and O–H groups in total. The predicted molar refractivity (Wildman–Crippen MR) is 39.2 cm³/mol.